The zero-order valence-corrected chi connectivity index (χ0v) is 19.8. The number of pyridine rings is 1. The number of hydrogen-bond acceptors (Lipinski definition) is 6. The summed E-state index contributed by atoms with van der Waals surface area (Å²) in [5, 5.41) is 13.7. The van der Waals surface area contributed by atoms with Gasteiger partial charge in [-0.05, 0) is 66.1 Å². The third-order valence-corrected chi connectivity index (χ3v) is 7.15. The molecule has 0 saturated heterocycles. The van der Waals surface area contributed by atoms with Gasteiger partial charge in [-0.3, -0.25) is 24.2 Å². The molecule has 0 aliphatic carbocycles. The van der Waals surface area contributed by atoms with Crippen molar-refractivity contribution < 1.29 is 18.1 Å². The summed E-state index contributed by atoms with van der Waals surface area (Å²) in [5.41, 5.74) is 2.60. The molecule has 0 saturated carbocycles. The molecule has 36 heavy (non-hydrogen) atoms. The molecule has 0 atom stereocenters. The van der Waals surface area contributed by atoms with E-state index >= 15 is 0 Å². The molecule has 4 rings (SSSR count). The van der Waals surface area contributed by atoms with Gasteiger partial charge in [0.2, 0.25) is 5.91 Å². The Bertz CT molecular complexity index is 1440. The van der Waals surface area contributed by atoms with E-state index in [2.05, 4.69) is 10.3 Å². The number of nitro benzene ring substituents is 1. The molecule has 10 heteroatoms. The lowest BCUT2D eigenvalue weighted by atomic mass is 10.1. The summed E-state index contributed by atoms with van der Waals surface area (Å²) in [7, 11) is -4.12. The van der Waals surface area contributed by atoms with Gasteiger partial charge < -0.3 is 5.32 Å². The van der Waals surface area contributed by atoms with Gasteiger partial charge in [-0.1, -0.05) is 30.3 Å². The molecule has 0 fully saturated rings. The fourth-order valence-corrected chi connectivity index (χ4v) is 4.99. The number of sulfonamides is 1. The lowest BCUT2D eigenvalue weighted by Gasteiger charge is -2.24. The minimum atomic E-state index is -4.12. The fourth-order valence-electron chi connectivity index (χ4n) is 3.55. The maximum atomic E-state index is 13.4. The second-order valence-corrected chi connectivity index (χ2v) is 9.74. The number of carbonyl (C=O) groups excluding carboxylic acids is 1. The van der Waals surface area contributed by atoms with Crippen molar-refractivity contribution >= 4 is 33.0 Å². The van der Waals surface area contributed by atoms with Crippen LogP contribution in [0.5, 0.6) is 0 Å². The lowest BCUT2D eigenvalue weighted by Crippen LogP contribution is -2.38. The van der Waals surface area contributed by atoms with Gasteiger partial charge in [0.15, 0.2) is 0 Å². The standard InChI is InChI=1S/C26H22N4O5S/c31-26(28-22-8-6-20(7-9-22)18-21-14-16-27-17-15-21)19-29(23-10-12-24(13-11-23)30(32)33)36(34,35)25-4-2-1-3-5-25/h1-17H,18-19H2,(H,28,31). The minimum absolute atomic E-state index is 0.00313. The highest BCUT2D eigenvalue weighted by molar-refractivity contribution is 7.92. The minimum Gasteiger partial charge on any atom is -0.325 e. The van der Waals surface area contributed by atoms with Crippen LogP contribution in [0.15, 0.2) is 108 Å². The van der Waals surface area contributed by atoms with Crippen LogP contribution in [0.2, 0.25) is 0 Å². The average Bonchev–Trinajstić information content (AvgIpc) is 2.89. The predicted octanol–water partition coefficient (Wildman–Crippen LogP) is 4.41. The van der Waals surface area contributed by atoms with E-state index in [0.717, 1.165) is 15.4 Å². The van der Waals surface area contributed by atoms with Gasteiger partial charge in [0.25, 0.3) is 15.7 Å². The summed E-state index contributed by atoms with van der Waals surface area (Å²) < 4.78 is 27.7. The van der Waals surface area contributed by atoms with Gasteiger partial charge in [-0.2, -0.15) is 0 Å². The van der Waals surface area contributed by atoms with Crippen molar-refractivity contribution in [1.82, 2.24) is 4.98 Å². The summed E-state index contributed by atoms with van der Waals surface area (Å²) >= 11 is 0. The monoisotopic (exact) mass is 502 g/mol. The number of carbonyl (C=O) groups is 1. The summed E-state index contributed by atoms with van der Waals surface area (Å²) in [6.07, 6.45) is 4.16. The molecular weight excluding hydrogens is 480 g/mol. The third-order valence-electron chi connectivity index (χ3n) is 5.36. The van der Waals surface area contributed by atoms with Crippen molar-refractivity contribution in [3.05, 3.63) is 125 Å². The lowest BCUT2D eigenvalue weighted by molar-refractivity contribution is -0.384. The predicted molar refractivity (Wildman–Crippen MR) is 136 cm³/mol. The SMILES string of the molecule is O=C(CN(c1ccc([N+](=O)[O-])cc1)S(=O)(=O)c1ccccc1)Nc1ccc(Cc2ccncc2)cc1. The van der Waals surface area contributed by atoms with Gasteiger partial charge in [-0.25, -0.2) is 8.42 Å². The van der Waals surface area contributed by atoms with Crippen molar-refractivity contribution in [2.75, 3.05) is 16.2 Å². The van der Waals surface area contributed by atoms with Gasteiger partial charge >= 0.3 is 0 Å². The first-order chi connectivity index (χ1) is 17.3. The Hall–Kier alpha value is -4.57. The smallest absolute Gasteiger partial charge is 0.269 e. The Morgan fingerprint density at radius 3 is 2.08 bits per heavy atom. The molecule has 0 radical (unpaired) electrons. The normalized spacial score (nSPS) is 11.0. The first kappa shape index (κ1) is 24.6. The van der Waals surface area contributed by atoms with Crippen LogP contribution >= 0.6 is 0 Å². The van der Waals surface area contributed by atoms with E-state index < -0.39 is 27.4 Å². The van der Waals surface area contributed by atoms with Crippen molar-refractivity contribution in [3.63, 3.8) is 0 Å². The Kier molecular flexibility index (Phi) is 7.36. The van der Waals surface area contributed by atoms with E-state index in [4.69, 9.17) is 0 Å². The molecule has 0 aliphatic rings. The highest BCUT2D eigenvalue weighted by Gasteiger charge is 2.27. The summed E-state index contributed by atoms with van der Waals surface area (Å²) in [5.74, 6) is -0.560. The van der Waals surface area contributed by atoms with E-state index in [1.807, 2.05) is 24.3 Å². The first-order valence-corrected chi connectivity index (χ1v) is 12.4. The number of rotatable bonds is 9. The van der Waals surface area contributed by atoms with Crippen LogP contribution in [0.1, 0.15) is 11.1 Å². The van der Waals surface area contributed by atoms with E-state index in [9.17, 15) is 23.3 Å². The number of nitrogens with zero attached hydrogens (tertiary/aromatic N) is 3. The summed E-state index contributed by atoms with van der Waals surface area (Å²) in [4.78, 5) is 27.3. The molecule has 4 aromatic rings. The number of nitro groups is 1. The molecule has 1 N–H and O–H groups in total. The maximum absolute atomic E-state index is 13.4. The maximum Gasteiger partial charge on any atom is 0.269 e. The Morgan fingerprint density at radius 1 is 0.861 bits per heavy atom. The summed E-state index contributed by atoms with van der Waals surface area (Å²) in [6, 6.07) is 23.8. The van der Waals surface area contributed by atoms with Crippen LogP contribution in [-0.2, 0) is 21.2 Å². The molecule has 1 amide bonds. The van der Waals surface area contributed by atoms with E-state index in [0.29, 0.717) is 12.1 Å². The second kappa shape index (κ2) is 10.8. The highest BCUT2D eigenvalue weighted by atomic mass is 32.2. The van der Waals surface area contributed by atoms with Crippen LogP contribution in [-0.4, -0.2) is 30.8 Å². The van der Waals surface area contributed by atoms with Crippen LogP contribution in [0.3, 0.4) is 0 Å². The van der Waals surface area contributed by atoms with Crippen molar-refractivity contribution in [3.8, 4) is 0 Å². The zero-order valence-electron chi connectivity index (χ0n) is 19.0. The van der Waals surface area contributed by atoms with Crippen LogP contribution in [0.4, 0.5) is 17.1 Å². The van der Waals surface area contributed by atoms with E-state index in [1.54, 1.807) is 42.7 Å². The van der Waals surface area contributed by atoms with Crippen LogP contribution in [0, 0.1) is 10.1 Å². The molecular formula is C26H22N4O5S. The molecule has 9 nitrogen and oxygen atoms in total. The van der Waals surface area contributed by atoms with Gasteiger partial charge in [-0.15, -0.1) is 0 Å². The zero-order chi connectivity index (χ0) is 25.5. The average molecular weight is 503 g/mol. The van der Waals surface area contributed by atoms with E-state index in [1.165, 1.54) is 36.4 Å². The van der Waals surface area contributed by atoms with Gasteiger partial charge in [0, 0.05) is 30.2 Å². The molecule has 0 spiro atoms. The topological polar surface area (TPSA) is 123 Å². The number of aromatic nitrogens is 1. The fraction of sp³-hybridized carbons (Fsp3) is 0.0769. The highest BCUT2D eigenvalue weighted by Crippen LogP contribution is 2.26. The summed E-state index contributed by atoms with van der Waals surface area (Å²) in [6.45, 7) is -0.520. The van der Waals surface area contributed by atoms with Crippen molar-refractivity contribution in [2.45, 2.75) is 11.3 Å². The second-order valence-electron chi connectivity index (χ2n) is 7.88. The quantitative estimate of drug-likeness (QED) is 0.267. The van der Waals surface area contributed by atoms with Crippen molar-refractivity contribution in [1.29, 1.82) is 0 Å². The molecule has 0 aliphatic heterocycles. The largest absolute Gasteiger partial charge is 0.325 e. The molecule has 3 aromatic carbocycles. The molecule has 1 heterocycles. The molecule has 0 bridgehead atoms. The Balaban J connectivity index is 1.53. The number of benzene rings is 3. The van der Waals surface area contributed by atoms with Gasteiger partial charge in [0.1, 0.15) is 6.54 Å². The number of nitrogens with one attached hydrogen (secondary N) is 1. The Labute approximate surface area is 208 Å². The molecule has 182 valence electrons. The number of hydrogen-bond donors (Lipinski definition) is 1. The van der Waals surface area contributed by atoms with Crippen molar-refractivity contribution in [2.24, 2.45) is 0 Å². The third kappa shape index (κ3) is 5.91. The molecule has 1 aromatic heterocycles. The number of anilines is 2. The first-order valence-electron chi connectivity index (χ1n) is 10.9. The van der Waals surface area contributed by atoms with Crippen LogP contribution < -0.4 is 9.62 Å². The number of amides is 1. The van der Waals surface area contributed by atoms with Crippen LogP contribution in [0.25, 0.3) is 0 Å². The number of non-ortho nitro benzene ring substituents is 1. The Morgan fingerprint density at radius 2 is 1.47 bits per heavy atom. The van der Waals surface area contributed by atoms with E-state index in [-0.39, 0.29) is 16.3 Å². The van der Waals surface area contributed by atoms with Gasteiger partial charge in [0.05, 0.1) is 15.5 Å². The molecule has 0 unspecified atom stereocenters.